The van der Waals surface area contributed by atoms with E-state index in [1.807, 2.05) is 30.3 Å². The zero-order valence-corrected chi connectivity index (χ0v) is 14.8. The number of nitrogens with zero attached hydrogens (tertiary/aromatic N) is 3. The Morgan fingerprint density at radius 2 is 1.92 bits per heavy atom. The monoisotopic (exact) mass is 392 g/mol. The number of nitro benzene ring substituents is 1. The van der Waals surface area contributed by atoms with E-state index in [1.165, 1.54) is 12.3 Å². The molecule has 0 saturated carbocycles. The summed E-state index contributed by atoms with van der Waals surface area (Å²) in [7, 11) is -4.09. The largest absolute Gasteiger partial charge is 0.290 e. The number of para-hydroxylation sites is 1. The Hall–Kier alpha value is -2.75. The Kier molecular flexibility index (Phi) is 5.03. The average molecular weight is 393 g/mol. The van der Waals surface area contributed by atoms with E-state index in [2.05, 4.69) is 9.82 Å². The van der Waals surface area contributed by atoms with Crippen molar-refractivity contribution in [2.24, 2.45) is 0 Å². The van der Waals surface area contributed by atoms with Gasteiger partial charge in [0.25, 0.3) is 5.69 Å². The van der Waals surface area contributed by atoms with Crippen LogP contribution in [-0.2, 0) is 16.6 Å². The molecule has 1 heterocycles. The van der Waals surface area contributed by atoms with Gasteiger partial charge < -0.3 is 0 Å². The van der Waals surface area contributed by atoms with Gasteiger partial charge in [-0.2, -0.15) is 5.10 Å². The van der Waals surface area contributed by atoms with Crippen LogP contribution in [0.4, 0.5) is 5.69 Å². The molecule has 0 fully saturated rings. The molecule has 0 unspecified atom stereocenters. The Balaban J connectivity index is 1.80. The summed E-state index contributed by atoms with van der Waals surface area (Å²) < 4.78 is 28.8. The quantitative estimate of drug-likeness (QED) is 0.512. The second-order valence-corrected chi connectivity index (χ2v) is 7.49. The molecule has 0 spiro atoms. The summed E-state index contributed by atoms with van der Waals surface area (Å²) in [5, 5.41) is 15.4. The molecule has 3 aromatic rings. The van der Waals surface area contributed by atoms with Gasteiger partial charge in [0.1, 0.15) is 0 Å². The van der Waals surface area contributed by atoms with Gasteiger partial charge in [-0.1, -0.05) is 29.8 Å². The first kappa shape index (κ1) is 18.1. The van der Waals surface area contributed by atoms with Crippen LogP contribution in [0.1, 0.15) is 5.56 Å². The first-order chi connectivity index (χ1) is 12.4. The molecule has 0 aliphatic rings. The minimum atomic E-state index is -4.09. The number of halogens is 1. The van der Waals surface area contributed by atoms with Gasteiger partial charge in [-0.15, -0.1) is 0 Å². The van der Waals surface area contributed by atoms with Crippen LogP contribution in [0.15, 0.2) is 65.8 Å². The highest BCUT2D eigenvalue weighted by Crippen LogP contribution is 2.27. The number of hydrogen-bond donors (Lipinski definition) is 1. The maximum atomic E-state index is 12.4. The summed E-state index contributed by atoms with van der Waals surface area (Å²) in [4.78, 5) is 9.87. The van der Waals surface area contributed by atoms with Crippen molar-refractivity contribution in [1.29, 1.82) is 0 Å². The van der Waals surface area contributed by atoms with Gasteiger partial charge in [0.05, 0.1) is 16.8 Å². The van der Waals surface area contributed by atoms with E-state index in [0.717, 1.165) is 17.8 Å². The third-order valence-corrected chi connectivity index (χ3v) is 5.21. The van der Waals surface area contributed by atoms with Crippen LogP contribution in [0.3, 0.4) is 0 Å². The molecule has 2 aromatic carbocycles. The Morgan fingerprint density at radius 3 is 2.62 bits per heavy atom. The summed E-state index contributed by atoms with van der Waals surface area (Å²) in [6, 6.07) is 12.7. The topological polar surface area (TPSA) is 107 Å². The van der Waals surface area contributed by atoms with E-state index >= 15 is 0 Å². The van der Waals surface area contributed by atoms with Gasteiger partial charge in [0, 0.05) is 29.4 Å². The minimum absolute atomic E-state index is 0.0606. The van der Waals surface area contributed by atoms with Crippen LogP contribution in [0.5, 0.6) is 0 Å². The lowest BCUT2D eigenvalue weighted by Gasteiger charge is -2.06. The van der Waals surface area contributed by atoms with Crippen LogP contribution < -0.4 is 4.72 Å². The fourth-order valence-corrected chi connectivity index (χ4v) is 3.62. The van der Waals surface area contributed by atoms with Crippen molar-refractivity contribution in [3.8, 4) is 5.69 Å². The van der Waals surface area contributed by atoms with Gasteiger partial charge >= 0.3 is 0 Å². The van der Waals surface area contributed by atoms with E-state index in [4.69, 9.17) is 11.6 Å². The van der Waals surface area contributed by atoms with E-state index in [9.17, 15) is 18.5 Å². The second-order valence-electron chi connectivity index (χ2n) is 5.32. The molecule has 0 saturated heterocycles. The molecule has 0 amide bonds. The average Bonchev–Trinajstić information content (AvgIpc) is 3.09. The molecule has 0 aliphatic heterocycles. The summed E-state index contributed by atoms with van der Waals surface area (Å²) in [6.07, 6.45) is 3.19. The molecule has 8 nitrogen and oxygen atoms in total. The summed E-state index contributed by atoms with van der Waals surface area (Å²) in [5.74, 6) is 0. The molecule has 0 atom stereocenters. The van der Waals surface area contributed by atoms with Crippen molar-refractivity contribution in [2.75, 3.05) is 0 Å². The number of hydrogen-bond acceptors (Lipinski definition) is 5. The van der Waals surface area contributed by atoms with Crippen molar-refractivity contribution >= 4 is 27.3 Å². The summed E-state index contributed by atoms with van der Waals surface area (Å²) >= 11 is 5.71. The lowest BCUT2D eigenvalue weighted by Crippen LogP contribution is -2.24. The van der Waals surface area contributed by atoms with Crippen LogP contribution in [-0.4, -0.2) is 23.1 Å². The predicted octanol–water partition coefficient (Wildman–Crippen LogP) is 2.91. The molecule has 3 rings (SSSR count). The van der Waals surface area contributed by atoms with Gasteiger partial charge in [-0.25, -0.2) is 17.8 Å². The molecule has 1 aromatic heterocycles. The van der Waals surface area contributed by atoms with Crippen molar-refractivity contribution < 1.29 is 13.3 Å². The Bertz CT molecular complexity index is 1050. The van der Waals surface area contributed by atoms with Crippen molar-refractivity contribution in [3.05, 3.63) is 81.6 Å². The van der Waals surface area contributed by atoms with Crippen LogP contribution >= 0.6 is 11.6 Å². The van der Waals surface area contributed by atoms with Gasteiger partial charge in [-0.3, -0.25) is 10.1 Å². The highest BCUT2D eigenvalue weighted by atomic mass is 35.5. The number of benzene rings is 2. The van der Waals surface area contributed by atoms with Crippen LogP contribution in [0, 0.1) is 10.1 Å². The number of sulfonamides is 1. The number of rotatable bonds is 6. The first-order valence-electron chi connectivity index (χ1n) is 7.39. The highest BCUT2D eigenvalue weighted by Gasteiger charge is 2.25. The SMILES string of the molecule is O=[N+]([O-])c1cc(Cl)ccc1S(=O)(=O)NCc1cnn(-c2ccccc2)c1. The fourth-order valence-electron chi connectivity index (χ4n) is 2.29. The van der Waals surface area contributed by atoms with E-state index in [0.29, 0.717) is 5.56 Å². The predicted molar refractivity (Wildman–Crippen MR) is 95.7 cm³/mol. The first-order valence-corrected chi connectivity index (χ1v) is 9.25. The van der Waals surface area contributed by atoms with Crippen LogP contribution in [0.25, 0.3) is 5.69 Å². The lowest BCUT2D eigenvalue weighted by molar-refractivity contribution is -0.387. The van der Waals surface area contributed by atoms with E-state index in [1.54, 1.807) is 10.9 Å². The molecule has 10 heteroatoms. The number of nitro groups is 1. The van der Waals surface area contributed by atoms with Crippen molar-refractivity contribution in [2.45, 2.75) is 11.4 Å². The van der Waals surface area contributed by atoms with Crippen LogP contribution in [0.2, 0.25) is 5.02 Å². The zero-order chi connectivity index (χ0) is 18.7. The molecule has 0 aliphatic carbocycles. The molecule has 0 radical (unpaired) electrons. The fraction of sp³-hybridized carbons (Fsp3) is 0.0625. The minimum Gasteiger partial charge on any atom is -0.258 e. The maximum absolute atomic E-state index is 12.4. The van der Waals surface area contributed by atoms with E-state index in [-0.39, 0.29) is 11.6 Å². The maximum Gasteiger partial charge on any atom is 0.290 e. The molecule has 26 heavy (non-hydrogen) atoms. The summed E-state index contributed by atoms with van der Waals surface area (Å²) in [6.45, 7) is -0.0606. The lowest BCUT2D eigenvalue weighted by atomic mass is 10.3. The molecule has 1 N–H and O–H groups in total. The normalized spacial score (nSPS) is 11.4. The Labute approximate surface area is 154 Å². The van der Waals surface area contributed by atoms with Gasteiger partial charge in [0.2, 0.25) is 10.0 Å². The summed E-state index contributed by atoms with van der Waals surface area (Å²) in [5.41, 5.74) is 0.856. The molecular formula is C16H13ClN4O4S. The van der Waals surface area contributed by atoms with Gasteiger partial charge in [0.15, 0.2) is 4.90 Å². The Morgan fingerprint density at radius 1 is 1.19 bits per heavy atom. The van der Waals surface area contributed by atoms with Gasteiger partial charge in [-0.05, 0) is 24.3 Å². The third kappa shape index (κ3) is 3.90. The zero-order valence-electron chi connectivity index (χ0n) is 13.2. The second kappa shape index (κ2) is 7.24. The standard InChI is InChI=1S/C16H13ClN4O4S/c17-13-6-7-16(15(8-13)21(22)23)26(24,25)19-10-12-9-18-20(11-12)14-4-2-1-3-5-14/h1-9,11,19H,10H2. The molecule has 0 bridgehead atoms. The number of aromatic nitrogens is 2. The highest BCUT2D eigenvalue weighted by molar-refractivity contribution is 7.89. The smallest absolute Gasteiger partial charge is 0.258 e. The number of nitrogens with one attached hydrogen (secondary N) is 1. The molecular weight excluding hydrogens is 380 g/mol. The van der Waals surface area contributed by atoms with Crippen molar-refractivity contribution in [1.82, 2.24) is 14.5 Å². The molecule has 134 valence electrons. The third-order valence-electron chi connectivity index (χ3n) is 3.53. The van der Waals surface area contributed by atoms with Crippen molar-refractivity contribution in [3.63, 3.8) is 0 Å². The van der Waals surface area contributed by atoms with E-state index < -0.39 is 25.5 Å².